The van der Waals surface area contributed by atoms with Crippen molar-refractivity contribution < 1.29 is 9.53 Å². The van der Waals surface area contributed by atoms with Crippen molar-refractivity contribution in [1.82, 2.24) is 15.0 Å². The van der Waals surface area contributed by atoms with Gasteiger partial charge in [-0.15, -0.1) is 0 Å². The van der Waals surface area contributed by atoms with Gasteiger partial charge >= 0.3 is 6.09 Å². The summed E-state index contributed by atoms with van der Waals surface area (Å²) in [7, 11) is 0. The van der Waals surface area contributed by atoms with Crippen molar-refractivity contribution in [1.29, 1.82) is 0 Å². The third-order valence-electron chi connectivity index (χ3n) is 2.57. The normalized spacial score (nSPS) is 10.4. The van der Waals surface area contributed by atoms with Crippen LogP contribution >= 0.6 is 35.0 Å². The maximum absolute atomic E-state index is 10.5. The van der Waals surface area contributed by atoms with E-state index >= 15 is 0 Å². The van der Waals surface area contributed by atoms with E-state index < -0.39 is 6.09 Å². The Hall–Kier alpha value is -1.77. The first-order valence-corrected chi connectivity index (χ1v) is 8.02. The summed E-state index contributed by atoms with van der Waals surface area (Å²) in [6.07, 6.45) is 2.35. The van der Waals surface area contributed by atoms with E-state index in [1.165, 1.54) is 11.8 Å². The van der Waals surface area contributed by atoms with Crippen molar-refractivity contribution >= 4 is 46.9 Å². The minimum Gasteiger partial charge on any atom is -0.448 e. The van der Waals surface area contributed by atoms with Crippen LogP contribution in [0.4, 0.5) is 10.6 Å². The van der Waals surface area contributed by atoms with Gasteiger partial charge in [-0.25, -0.2) is 19.7 Å². The number of carbonyl (C=O) groups is 1. The van der Waals surface area contributed by atoms with Crippen molar-refractivity contribution in [2.45, 2.75) is 16.8 Å². The summed E-state index contributed by atoms with van der Waals surface area (Å²) in [6, 6.07) is 1.76. The molecule has 2 rings (SSSR count). The number of nitrogens with two attached hydrogens (primary N) is 1. The average molecular weight is 374 g/mol. The van der Waals surface area contributed by atoms with E-state index in [0.717, 1.165) is 10.6 Å². The van der Waals surface area contributed by atoms with Gasteiger partial charge in [0.15, 0.2) is 0 Å². The highest BCUT2D eigenvalue weighted by molar-refractivity contribution is 7.99. The predicted molar refractivity (Wildman–Crippen MR) is 89.2 cm³/mol. The van der Waals surface area contributed by atoms with Crippen molar-refractivity contribution in [3.05, 3.63) is 34.3 Å². The van der Waals surface area contributed by atoms with Gasteiger partial charge in [0.2, 0.25) is 0 Å². The summed E-state index contributed by atoms with van der Waals surface area (Å²) in [5.41, 5.74) is 5.59. The lowest BCUT2D eigenvalue weighted by atomic mass is 10.5. The highest BCUT2D eigenvalue weighted by atomic mass is 35.5. The second kappa shape index (κ2) is 8.19. The molecule has 0 aliphatic carbocycles. The van der Waals surface area contributed by atoms with E-state index in [0.29, 0.717) is 22.4 Å². The van der Waals surface area contributed by atoms with Gasteiger partial charge in [-0.2, -0.15) is 0 Å². The number of halogens is 2. The molecule has 0 aliphatic rings. The highest BCUT2D eigenvalue weighted by Gasteiger charge is 2.11. The molecule has 0 spiro atoms. The Balaban J connectivity index is 2.02. The number of amides is 1. The smallest absolute Gasteiger partial charge is 0.404 e. The van der Waals surface area contributed by atoms with Crippen LogP contribution in [0.3, 0.4) is 0 Å². The molecule has 3 N–H and O–H groups in total. The third kappa shape index (κ3) is 5.12. The van der Waals surface area contributed by atoms with Gasteiger partial charge in [-0.1, -0.05) is 35.0 Å². The fraction of sp³-hybridized carbons (Fsp3) is 0.231. The molecule has 0 saturated heterocycles. The number of aromatic nitrogens is 3. The monoisotopic (exact) mass is 373 g/mol. The Morgan fingerprint density at radius 1 is 1.43 bits per heavy atom. The Bertz CT molecular complexity index is 717. The number of anilines is 1. The molecule has 0 unspecified atom stereocenters. The van der Waals surface area contributed by atoms with Crippen LogP contribution in [-0.2, 0) is 4.74 Å². The highest BCUT2D eigenvalue weighted by Crippen LogP contribution is 2.36. The van der Waals surface area contributed by atoms with Gasteiger partial charge in [0, 0.05) is 11.1 Å². The lowest BCUT2D eigenvalue weighted by Crippen LogP contribution is -2.18. The quantitative estimate of drug-likeness (QED) is 0.591. The van der Waals surface area contributed by atoms with E-state index in [1.807, 2.05) is 6.92 Å². The van der Waals surface area contributed by atoms with Crippen LogP contribution in [0.2, 0.25) is 10.2 Å². The fourth-order valence-electron chi connectivity index (χ4n) is 1.57. The van der Waals surface area contributed by atoms with Crippen molar-refractivity contribution in [3.8, 4) is 0 Å². The summed E-state index contributed by atoms with van der Waals surface area (Å²) >= 11 is 13.4. The number of hydrogen-bond acceptors (Lipinski definition) is 7. The molecule has 10 heteroatoms. The minimum atomic E-state index is -0.811. The van der Waals surface area contributed by atoms with Crippen LogP contribution in [0, 0.1) is 6.92 Å². The zero-order chi connectivity index (χ0) is 16.8. The zero-order valence-electron chi connectivity index (χ0n) is 12.0. The van der Waals surface area contributed by atoms with Gasteiger partial charge in [0.25, 0.3) is 0 Å². The topological polar surface area (TPSA) is 103 Å². The Morgan fingerprint density at radius 2 is 2.22 bits per heavy atom. The number of primary amides is 1. The third-order valence-corrected chi connectivity index (χ3v) is 4.60. The van der Waals surface area contributed by atoms with E-state index in [-0.39, 0.29) is 11.8 Å². The number of aryl methyl sites for hydroxylation is 1. The molecule has 0 aliphatic heterocycles. The molecule has 1 amide bonds. The van der Waals surface area contributed by atoms with Crippen LogP contribution in [0.1, 0.15) is 5.69 Å². The Labute approximate surface area is 147 Å². The van der Waals surface area contributed by atoms with E-state index in [9.17, 15) is 4.79 Å². The largest absolute Gasteiger partial charge is 0.448 e. The van der Waals surface area contributed by atoms with Gasteiger partial charge in [0.1, 0.15) is 22.6 Å². The SMILES string of the molecule is Cc1nc(NCCOC(N)=O)cnc1Sc1ccnc(Cl)c1Cl. The van der Waals surface area contributed by atoms with E-state index in [4.69, 9.17) is 28.9 Å². The van der Waals surface area contributed by atoms with Gasteiger partial charge in [-0.05, 0) is 13.0 Å². The standard InChI is InChI=1S/C13H13Cl2N5O2S/c1-7-12(23-8-2-3-18-11(15)10(8)14)19-6-9(20-7)17-4-5-22-13(16)21/h2-3,6H,4-5H2,1H3,(H2,16,21)(H,17,20). The predicted octanol–water partition coefficient (Wildman–Crippen LogP) is 3.15. The average Bonchev–Trinajstić information content (AvgIpc) is 2.50. The maximum Gasteiger partial charge on any atom is 0.404 e. The van der Waals surface area contributed by atoms with Crippen LogP contribution in [0.25, 0.3) is 0 Å². The van der Waals surface area contributed by atoms with Crippen molar-refractivity contribution in [3.63, 3.8) is 0 Å². The van der Waals surface area contributed by atoms with Gasteiger partial charge < -0.3 is 15.8 Å². The fourth-order valence-corrected chi connectivity index (χ4v) is 2.84. The summed E-state index contributed by atoms with van der Waals surface area (Å²) in [5, 5.41) is 4.31. The van der Waals surface area contributed by atoms with Crippen LogP contribution in [-0.4, -0.2) is 34.2 Å². The molecule has 122 valence electrons. The van der Waals surface area contributed by atoms with Gasteiger partial charge in [-0.3, -0.25) is 0 Å². The first-order chi connectivity index (χ1) is 11.0. The van der Waals surface area contributed by atoms with Crippen LogP contribution in [0.15, 0.2) is 28.4 Å². The molecule has 0 fully saturated rings. The number of nitrogens with one attached hydrogen (secondary N) is 1. The van der Waals surface area contributed by atoms with Crippen LogP contribution < -0.4 is 11.1 Å². The zero-order valence-corrected chi connectivity index (χ0v) is 14.4. The number of ether oxygens (including phenoxy) is 1. The molecular weight excluding hydrogens is 361 g/mol. The lowest BCUT2D eigenvalue weighted by Gasteiger charge is -2.09. The first-order valence-electron chi connectivity index (χ1n) is 6.45. The molecule has 7 nitrogen and oxygen atoms in total. The minimum absolute atomic E-state index is 0.150. The molecule has 0 radical (unpaired) electrons. The van der Waals surface area contributed by atoms with Crippen molar-refractivity contribution in [2.24, 2.45) is 5.73 Å². The Kier molecular flexibility index (Phi) is 6.26. The second-order valence-electron chi connectivity index (χ2n) is 4.26. The Morgan fingerprint density at radius 3 is 2.91 bits per heavy atom. The lowest BCUT2D eigenvalue weighted by molar-refractivity contribution is 0.161. The number of carbonyl (C=O) groups excluding carboxylic acids is 1. The number of pyridine rings is 1. The summed E-state index contributed by atoms with van der Waals surface area (Å²) in [6.45, 7) is 2.37. The molecule has 0 saturated carbocycles. The molecule has 2 aromatic heterocycles. The first kappa shape index (κ1) is 17.6. The van der Waals surface area contributed by atoms with E-state index in [2.05, 4.69) is 25.0 Å². The molecule has 23 heavy (non-hydrogen) atoms. The summed E-state index contributed by atoms with van der Waals surface area (Å²) < 4.78 is 4.61. The number of hydrogen-bond donors (Lipinski definition) is 2. The summed E-state index contributed by atoms with van der Waals surface area (Å²) in [4.78, 5) is 23.8. The second-order valence-corrected chi connectivity index (χ2v) is 6.02. The molecule has 0 aromatic carbocycles. The molecule has 0 atom stereocenters. The van der Waals surface area contributed by atoms with E-state index in [1.54, 1.807) is 18.5 Å². The molecule has 0 bridgehead atoms. The van der Waals surface area contributed by atoms with Crippen molar-refractivity contribution in [2.75, 3.05) is 18.5 Å². The number of nitrogens with zero attached hydrogens (tertiary/aromatic N) is 3. The molecular formula is C13H13Cl2N5O2S. The molecule has 2 heterocycles. The van der Waals surface area contributed by atoms with Crippen LogP contribution in [0.5, 0.6) is 0 Å². The van der Waals surface area contributed by atoms with Gasteiger partial charge in [0.05, 0.1) is 23.5 Å². The number of rotatable bonds is 6. The molecule has 2 aromatic rings. The maximum atomic E-state index is 10.5. The summed E-state index contributed by atoms with van der Waals surface area (Å²) in [5.74, 6) is 0.568.